The molecular formula is C19H24FN3O. The molecule has 0 saturated carbocycles. The van der Waals surface area contributed by atoms with Gasteiger partial charge in [-0.15, -0.1) is 0 Å². The Kier molecular flexibility index (Phi) is 4.14. The minimum atomic E-state index is -0.244. The van der Waals surface area contributed by atoms with Crippen molar-refractivity contribution in [2.24, 2.45) is 5.92 Å². The van der Waals surface area contributed by atoms with E-state index >= 15 is 0 Å². The van der Waals surface area contributed by atoms with Crippen molar-refractivity contribution in [3.63, 3.8) is 0 Å². The van der Waals surface area contributed by atoms with Crippen LogP contribution in [0.1, 0.15) is 36.7 Å². The van der Waals surface area contributed by atoms with E-state index in [0.717, 1.165) is 56.7 Å². The first-order chi connectivity index (χ1) is 11.6. The molecule has 1 aromatic heterocycles. The van der Waals surface area contributed by atoms with E-state index in [1.165, 1.54) is 23.4 Å². The van der Waals surface area contributed by atoms with Crippen molar-refractivity contribution < 1.29 is 9.50 Å². The number of benzene rings is 1. The molecule has 128 valence electrons. The molecule has 4 rings (SSSR count). The number of rotatable bonds is 3. The van der Waals surface area contributed by atoms with E-state index in [2.05, 4.69) is 11.8 Å². The fourth-order valence-corrected chi connectivity index (χ4v) is 3.91. The maximum atomic E-state index is 13.2. The molecule has 2 unspecified atom stereocenters. The summed E-state index contributed by atoms with van der Waals surface area (Å²) in [5.74, 6) is 0.155. The zero-order valence-corrected chi connectivity index (χ0v) is 14.1. The second-order valence-corrected chi connectivity index (χ2v) is 7.18. The van der Waals surface area contributed by atoms with E-state index < -0.39 is 0 Å². The molecule has 1 aliphatic carbocycles. The first-order valence-corrected chi connectivity index (χ1v) is 8.88. The highest BCUT2D eigenvalue weighted by molar-refractivity contribution is 5.40. The monoisotopic (exact) mass is 329 g/mol. The predicted octanol–water partition coefficient (Wildman–Crippen LogP) is 2.70. The molecule has 0 radical (unpaired) electrons. The molecule has 24 heavy (non-hydrogen) atoms. The van der Waals surface area contributed by atoms with E-state index in [-0.39, 0.29) is 11.9 Å². The van der Waals surface area contributed by atoms with E-state index in [1.54, 1.807) is 12.1 Å². The Morgan fingerprint density at radius 2 is 2.04 bits per heavy atom. The molecule has 0 spiro atoms. The highest BCUT2D eigenvalue weighted by Gasteiger charge is 2.28. The van der Waals surface area contributed by atoms with Crippen LogP contribution in [-0.2, 0) is 19.4 Å². The zero-order chi connectivity index (χ0) is 16.7. The third kappa shape index (κ3) is 2.87. The average Bonchev–Trinajstić information content (AvgIpc) is 3.16. The van der Waals surface area contributed by atoms with Gasteiger partial charge in [0, 0.05) is 18.8 Å². The number of aliphatic hydroxyl groups is 1. The molecule has 1 N–H and O–H groups in total. The second kappa shape index (κ2) is 6.30. The lowest BCUT2D eigenvalue weighted by atomic mass is 9.96. The largest absolute Gasteiger partial charge is 0.392 e. The molecule has 2 aliphatic rings. The summed E-state index contributed by atoms with van der Waals surface area (Å²) >= 11 is 0. The summed E-state index contributed by atoms with van der Waals surface area (Å²) < 4.78 is 15.2. The Balaban J connectivity index is 1.60. The van der Waals surface area contributed by atoms with Crippen LogP contribution < -0.4 is 0 Å². The Morgan fingerprint density at radius 3 is 2.79 bits per heavy atom. The SMILES string of the molecule is CC1CCN(Cc2nn(-c3ccc(F)cc3)c3c2CCC3)CC1O. The number of hydrogen-bond acceptors (Lipinski definition) is 3. The van der Waals surface area contributed by atoms with Crippen LogP contribution in [-0.4, -0.2) is 39.0 Å². The van der Waals surface area contributed by atoms with Crippen molar-refractivity contribution in [1.82, 2.24) is 14.7 Å². The molecule has 1 fully saturated rings. The van der Waals surface area contributed by atoms with Crippen LogP contribution in [0.2, 0.25) is 0 Å². The molecule has 2 aromatic rings. The maximum Gasteiger partial charge on any atom is 0.123 e. The number of aliphatic hydroxyl groups excluding tert-OH is 1. The van der Waals surface area contributed by atoms with Crippen molar-refractivity contribution in [2.45, 2.75) is 45.3 Å². The van der Waals surface area contributed by atoms with Gasteiger partial charge < -0.3 is 5.11 Å². The second-order valence-electron chi connectivity index (χ2n) is 7.18. The highest BCUT2D eigenvalue weighted by atomic mass is 19.1. The molecule has 1 aromatic carbocycles. The first kappa shape index (κ1) is 15.8. The summed E-state index contributed by atoms with van der Waals surface area (Å²) in [4.78, 5) is 2.31. The molecule has 5 heteroatoms. The number of fused-ring (bicyclic) bond motifs is 1. The van der Waals surface area contributed by atoms with Crippen LogP contribution in [0.4, 0.5) is 4.39 Å². The van der Waals surface area contributed by atoms with E-state index in [0.29, 0.717) is 5.92 Å². The highest BCUT2D eigenvalue weighted by Crippen LogP contribution is 2.29. The Morgan fingerprint density at radius 1 is 1.25 bits per heavy atom. The zero-order valence-electron chi connectivity index (χ0n) is 14.1. The average molecular weight is 329 g/mol. The van der Waals surface area contributed by atoms with Gasteiger partial charge in [-0.25, -0.2) is 9.07 Å². The molecule has 1 saturated heterocycles. The van der Waals surface area contributed by atoms with Crippen molar-refractivity contribution in [2.75, 3.05) is 13.1 Å². The smallest absolute Gasteiger partial charge is 0.123 e. The maximum absolute atomic E-state index is 13.2. The van der Waals surface area contributed by atoms with Gasteiger partial charge in [-0.1, -0.05) is 6.92 Å². The summed E-state index contributed by atoms with van der Waals surface area (Å²) in [6.45, 7) is 4.64. The number of nitrogens with zero attached hydrogens (tertiary/aromatic N) is 3. The van der Waals surface area contributed by atoms with Gasteiger partial charge in [-0.2, -0.15) is 5.10 Å². The van der Waals surface area contributed by atoms with Gasteiger partial charge in [0.25, 0.3) is 0 Å². The van der Waals surface area contributed by atoms with Crippen LogP contribution in [0, 0.1) is 11.7 Å². The fourth-order valence-electron chi connectivity index (χ4n) is 3.91. The van der Waals surface area contributed by atoms with E-state index in [4.69, 9.17) is 5.10 Å². The third-order valence-corrected chi connectivity index (χ3v) is 5.46. The Bertz CT molecular complexity index is 725. The van der Waals surface area contributed by atoms with Crippen LogP contribution in [0.15, 0.2) is 24.3 Å². The topological polar surface area (TPSA) is 41.3 Å². The number of β-amino-alcohol motifs (C(OH)–C–C–N with tert-alkyl or cyclic N) is 1. The van der Waals surface area contributed by atoms with Crippen LogP contribution in [0.5, 0.6) is 0 Å². The predicted molar refractivity (Wildman–Crippen MR) is 90.6 cm³/mol. The number of halogens is 1. The standard InChI is InChI=1S/C19H24FN3O/c1-13-9-10-22(12-19(13)24)11-17-16-3-2-4-18(16)23(21-17)15-7-5-14(20)6-8-15/h5-8,13,19,24H,2-4,9-12H2,1H3. The minimum Gasteiger partial charge on any atom is -0.392 e. The minimum absolute atomic E-state index is 0.223. The van der Waals surface area contributed by atoms with Crippen LogP contribution >= 0.6 is 0 Å². The van der Waals surface area contributed by atoms with Crippen molar-refractivity contribution in [3.05, 3.63) is 47.0 Å². The van der Waals surface area contributed by atoms with Crippen LogP contribution in [0.25, 0.3) is 5.69 Å². The van der Waals surface area contributed by atoms with Gasteiger partial charge in [-0.3, -0.25) is 4.90 Å². The van der Waals surface area contributed by atoms with Crippen LogP contribution in [0.3, 0.4) is 0 Å². The summed E-state index contributed by atoms with van der Waals surface area (Å²) in [5.41, 5.74) is 4.66. The molecule has 2 heterocycles. The molecular weight excluding hydrogens is 305 g/mol. The Labute approximate surface area is 141 Å². The number of aromatic nitrogens is 2. The lowest BCUT2D eigenvalue weighted by molar-refractivity contribution is 0.0253. The number of likely N-dealkylation sites (tertiary alicyclic amines) is 1. The molecule has 0 amide bonds. The lowest BCUT2D eigenvalue weighted by Crippen LogP contribution is -2.42. The fraction of sp³-hybridized carbons (Fsp3) is 0.526. The molecule has 2 atom stereocenters. The Hall–Kier alpha value is -1.72. The van der Waals surface area contributed by atoms with Crippen molar-refractivity contribution >= 4 is 0 Å². The molecule has 1 aliphatic heterocycles. The van der Waals surface area contributed by atoms with Gasteiger partial charge in [0.1, 0.15) is 5.82 Å². The van der Waals surface area contributed by atoms with Crippen molar-refractivity contribution in [1.29, 1.82) is 0 Å². The van der Waals surface area contributed by atoms with Gasteiger partial charge in [0.2, 0.25) is 0 Å². The summed E-state index contributed by atoms with van der Waals surface area (Å²) in [6, 6.07) is 6.55. The van der Waals surface area contributed by atoms with Gasteiger partial charge in [-0.05, 0) is 68.0 Å². The normalized spacial score (nSPS) is 24.3. The number of hydrogen-bond donors (Lipinski definition) is 1. The van der Waals surface area contributed by atoms with Crippen molar-refractivity contribution in [3.8, 4) is 5.69 Å². The quantitative estimate of drug-likeness (QED) is 0.941. The summed E-state index contributed by atoms with van der Waals surface area (Å²) in [7, 11) is 0. The van der Waals surface area contributed by atoms with E-state index in [9.17, 15) is 9.50 Å². The van der Waals surface area contributed by atoms with Gasteiger partial charge in [0.15, 0.2) is 0 Å². The molecule has 4 nitrogen and oxygen atoms in total. The summed E-state index contributed by atoms with van der Waals surface area (Å²) in [6.07, 6.45) is 4.03. The van der Waals surface area contributed by atoms with Gasteiger partial charge >= 0.3 is 0 Å². The van der Waals surface area contributed by atoms with E-state index in [1.807, 2.05) is 4.68 Å². The number of piperidine rings is 1. The molecule has 0 bridgehead atoms. The summed E-state index contributed by atoms with van der Waals surface area (Å²) in [5, 5.41) is 15.0. The first-order valence-electron chi connectivity index (χ1n) is 8.88. The van der Waals surface area contributed by atoms with Gasteiger partial charge in [0.05, 0.1) is 17.5 Å². The lowest BCUT2D eigenvalue weighted by Gasteiger charge is -2.33. The third-order valence-electron chi connectivity index (χ3n) is 5.46.